The number of piperidine rings is 1. The highest BCUT2D eigenvalue weighted by molar-refractivity contribution is 14.1. The zero-order valence-electron chi connectivity index (χ0n) is 13.2. The molecule has 2 aromatic carbocycles. The van der Waals surface area contributed by atoms with Crippen LogP contribution in [0.5, 0.6) is 0 Å². The van der Waals surface area contributed by atoms with Crippen LogP contribution >= 0.6 is 22.6 Å². The van der Waals surface area contributed by atoms with E-state index < -0.39 is 0 Å². The number of anilines is 1. The van der Waals surface area contributed by atoms with E-state index in [9.17, 15) is 9.59 Å². The van der Waals surface area contributed by atoms with Crippen LogP contribution in [0.3, 0.4) is 0 Å². The van der Waals surface area contributed by atoms with Crippen molar-refractivity contribution in [3.8, 4) is 0 Å². The average molecular weight is 434 g/mol. The summed E-state index contributed by atoms with van der Waals surface area (Å²) in [6.45, 7) is 1.24. The van der Waals surface area contributed by atoms with Crippen molar-refractivity contribution >= 4 is 40.1 Å². The van der Waals surface area contributed by atoms with Crippen LogP contribution in [0.4, 0.5) is 5.69 Å². The van der Waals surface area contributed by atoms with Crippen LogP contribution in [0.15, 0.2) is 54.6 Å². The summed E-state index contributed by atoms with van der Waals surface area (Å²) >= 11 is 2.21. The average Bonchev–Trinajstić information content (AvgIpc) is 2.62. The minimum atomic E-state index is -0.0369. The number of rotatable bonds is 3. The van der Waals surface area contributed by atoms with Gasteiger partial charge in [0, 0.05) is 33.8 Å². The summed E-state index contributed by atoms with van der Waals surface area (Å²) in [6.07, 6.45) is 1.41. The molecule has 0 atom stereocenters. The minimum absolute atomic E-state index is 0.0369. The molecule has 2 aromatic rings. The molecule has 24 heavy (non-hydrogen) atoms. The largest absolute Gasteiger partial charge is 0.339 e. The van der Waals surface area contributed by atoms with Crippen LogP contribution in [0.2, 0.25) is 0 Å². The van der Waals surface area contributed by atoms with E-state index in [0.29, 0.717) is 31.5 Å². The van der Waals surface area contributed by atoms with Gasteiger partial charge >= 0.3 is 0 Å². The summed E-state index contributed by atoms with van der Waals surface area (Å²) in [5.74, 6) is 0.0585. The summed E-state index contributed by atoms with van der Waals surface area (Å²) < 4.78 is 1.05. The lowest BCUT2D eigenvalue weighted by Gasteiger charge is -2.31. The number of amides is 2. The molecule has 0 aliphatic carbocycles. The SMILES string of the molecule is O=C(Nc1ccccc1)C1CCN(C(=O)c2cccc(I)c2)CC1. The monoisotopic (exact) mass is 434 g/mol. The Bertz CT molecular complexity index is 725. The maximum atomic E-state index is 12.5. The molecule has 0 aromatic heterocycles. The zero-order chi connectivity index (χ0) is 16.9. The molecule has 3 rings (SSSR count). The first-order chi connectivity index (χ1) is 11.6. The number of halogens is 1. The van der Waals surface area contributed by atoms with Crippen LogP contribution in [0.25, 0.3) is 0 Å². The highest BCUT2D eigenvalue weighted by Crippen LogP contribution is 2.21. The molecule has 1 heterocycles. The molecule has 0 saturated carbocycles. The van der Waals surface area contributed by atoms with Crippen LogP contribution < -0.4 is 5.32 Å². The number of likely N-dealkylation sites (tertiary alicyclic amines) is 1. The van der Waals surface area contributed by atoms with Crippen molar-refractivity contribution in [3.05, 3.63) is 63.7 Å². The van der Waals surface area contributed by atoms with E-state index in [1.807, 2.05) is 59.5 Å². The van der Waals surface area contributed by atoms with Gasteiger partial charge < -0.3 is 10.2 Å². The molecule has 0 radical (unpaired) electrons. The van der Waals surface area contributed by atoms with Gasteiger partial charge in [0.05, 0.1) is 0 Å². The van der Waals surface area contributed by atoms with E-state index in [1.165, 1.54) is 0 Å². The third kappa shape index (κ3) is 4.14. The predicted octanol–water partition coefficient (Wildman–Crippen LogP) is 3.78. The molecule has 1 aliphatic heterocycles. The summed E-state index contributed by atoms with van der Waals surface area (Å²) in [6, 6.07) is 17.1. The molecule has 1 aliphatic rings. The molecule has 1 N–H and O–H groups in total. The lowest BCUT2D eigenvalue weighted by atomic mass is 9.95. The van der Waals surface area contributed by atoms with E-state index in [-0.39, 0.29) is 17.7 Å². The quantitative estimate of drug-likeness (QED) is 0.748. The molecular formula is C19H19IN2O2. The van der Waals surface area contributed by atoms with Gasteiger partial charge in [0.1, 0.15) is 0 Å². The summed E-state index contributed by atoms with van der Waals surface area (Å²) in [5, 5.41) is 2.95. The first-order valence-electron chi connectivity index (χ1n) is 8.04. The number of benzene rings is 2. The number of hydrogen-bond acceptors (Lipinski definition) is 2. The summed E-state index contributed by atoms with van der Waals surface area (Å²) in [5.41, 5.74) is 1.54. The van der Waals surface area contributed by atoms with Gasteiger partial charge in [0.2, 0.25) is 5.91 Å². The molecule has 2 amide bonds. The number of hydrogen-bond donors (Lipinski definition) is 1. The van der Waals surface area contributed by atoms with E-state index in [1.54, 1.807) is 0 Å². The first kappa shape index (κ1) is 17.0. The van der Waals surface area contributed by atoms with Crippen LogP contribution in [-0.4, -0.2) is 29.8 Å². The van der Waals surface area contributed by atoms with Crippen LogP contribution in [0, 0.1) is 9.49 Å². The third-order valence-electron chi connectivity index (χ3n) is 4.27. The Kier molecular flexibility index (Phi) is 5.50. The second-order valence-electron chi connectivity index (χ2n) is 5.93. The van der Waals surface area contributed by atoms with E-state index in [2.05, 4.69) is 27.9 Å². The van der Waals surface area contributed by atoms with Crippen molar-refractivity contribution in [1.29, 1.82) is 0 Å². The molecule has 0 unspecified atom stereocenters. The fraction of sp³-hybridized carbons (Fsp3) is 0.263. The van der Waals surface area contributed by atoms with Crippen molar-refractivity contribution in [2.45, 2.75) is 12.8 Å². The standard InChI is InChI=1S/C19H19IN2O2/c20-16-6-4-5-15(13-16)19(24)22-11-9-14(10-12-22)18(23)21-17-7-2-1-3-8-17/h1-8,13-14H,9-12H2,(H,21,23). The van der Waals surface area contributed by atoms with Gasteiger partial charge in [-0.2, -0.15) is 0 Å². The van der Waals surface area contributed by atoms with E-state index in [4.69, 9.17) is 0 Å². The highest BCUT2D eigenvalue weighted by Gasteiger charge is 2.27. The Balaban J connectivity index is 1.55. The Morgan fingerprint density at radius 2 is 1.71 bits per heavy atom. The second kappa shape index (κ2) is 7.79. The van der Waals surface area contributed by atoms with Gasteiger partial charge in [-0.1, -0.05) is 24.3 Å². The number of para-hydroxylation sites is 1. The molecule has 5 heteroatoms. The van der Waals surface area contributed by atoms with Gasteiger partial charge in [0.25, 0.3) is 5.91 Å². The van der Waals surface area contributed by atoms with Crippen molar-refractivity contribution < 1.29 is 9.59 Å². The normalized spacial score (nSPS) is 15.1. The van der Waals surface area contributed by atoms with Gasteiger partial charge in [-0.05, 0) is 65.8 Å². The van der Waals surface area contributed by atoms with Crippen molar-refractivity contribution in [2.24, 2.45) is 5.92 Å². The van der Waals surface area contributed by atoms with Crippen molar-refractivity contribution in [1.82, 2.24) is 4.90 Å². The molecule has 0 bridgehead atoms. The maximum absolute atomic E-state index is 12.5. The lowest BCUT2D eigenvalue weighted by Crippen LogP contribution is -2.41. The van der Waals surface area contributed by atoms with Crippen molar-refractivity contribution in [3.63, 3.8) is 0 Å². The zero-order valence-corrected chi connectivity index (χ0v) is 15.4. The number of carbonyl (C=O) groups excluding carboxylic acids is 2. The number of carbonyl (C=O) groups is 2. The van der Waals surface area contributed by atoms with Crippen LogP contribution in [-0.2, 0) is 4.79 Å². The molecule has 4 nitrogen and oxygen atoms in total. The Morgan fingerprint density at radius 3 is 2.38 bits per heavy atom. The van der Waals surface area contributed by atoms with E-state index in [0.717, 1.165) is 9.26 Å². The lowest BCUT2D eigenvalue weighted by molar-refractivity contribution is -0.121. The Hall–Kier alpha value is -1.89. The second-order valence-corrected chi connectivity index (χ2v) is 7.18. The number of nitrogens with zero attached hydrogens (tertiary/aromatic N) is 1. The fourth-order valence-electron chi connectivity index (χ4n) is 2.91. The molecule has 1 saturated heterocycles. The van der Waals surface area contributed by atoms with Gasteiger partial charge in [-0.3, -0.25) is 9.59 Å². The molecule has 1 fully saturated rings. The third-order valence-corrected chi connectivity index (χ3v) is 4.94. The van der Waals surface area contributed by atoms with Gasteiger partial charge in [-0.15, -0.1) is 0 Å². The Morgan fingerprint density at radius 1 is 1.00 bits per heavy atom. The smallest absolute Gasteiger partial charge is 0.253 e. The fourth-order valence-corrected chi connectivity index (χ4v) is 3.46. The van der Waals surface area contributed by atoms with Crippen LogP contribution in [0.1, 0.15) is 23.2 Å². The van der Waals surface area contributed by atoms with Gasteiger partial charge in [-0.25, -0.2) is 0 Å². The first-order valence-corrected chi connectivity index (χ1v) is 9.12. The number of nitrogens with one attached hydrogen (secondary N) is 1. The molecule has 124 valence electrons. The minimum Gasteiger partial charge on any atom is -0.339 e. The van der Waals surface area contributed by atoms with Crippen molar-refractivity contribution in [2.75, 3.05) is 18.4 Å². The van der Waals surface area contributed by atoms with Gasteiger partial charge in [0.15, 0.2) is 0 Å². The maximum Gasteiger partial charge on any atom is 0.253 e. The topological polar surface area (TPSA) is 49.4 Å². The highest BCUT2D eigenvalue weighted by atomic mass is 127. The Labute approximate surface area is 155 Å². The predicted molar refractivity (Wildman–Crippen MR) is 103 cm³/mol. The summed E-state index contributed by atoms with van der Waals surface area (Å²) in [7, 11) is 0. The summed E-state index contributed by atoms with van der Waals surface area (Å²) in [4.78, 5) is 26.7. The molecular weight excluding hydrogens is 415 g/mol. The molecule has 0 spiro atoms. The van der Waals surface area contributed by atoms with E-state index >= 15 is 0 Å².